The van der Waals surface area contributed by atoms with Crippen molar-refractivity contribution >= 4 is 5.91 Å². The van der Waals surface area contributed by atoms with Gasteiger partial charge in [0.2, 0.25) is 5.91 Å². The molecule has 0 saturated heterocycles. The Morgan fingerprint density at radius 2 is 1.57 bits per heavy atom. The van der Waals surface area contributed by atoms with E-state index in [0.29, 0.717) is 0 Å². The second-order valence-corrected chi connectivity index (χ2v) is 5.48. The highest BCUT2D eigenvalue weighted by Gasteiger charge is 2.04. The standard InChI is InChI=1S/C20H21NO2/c1-15(21-16(2)22)14-19-8-6-17(7-9-19)4-5-18-10-12-20(23-3)13-11-18/h6-13,15H,14H2,1-3H3,(H,21,22). The van der Waals surface area contributed by atoms with E-state index in [4.69, 9.17) is 4.74 Å². The average Bonchev–Trinajstić information content (AvgIpc) is 2.54. The van der Waals surface area contributed by atoms with Crippen LogP contribution in [0.3, 0.4) is 0 Å². The summed E-state index contributed by atoms with van der Waals surface area (Å²) >= 11 is 0. The van der Waals surface area contributed by atoms with Crippen molar-refractivity contribution in [2.75, 3.05) is 7.11 Å². The zero-order valence-corrected chi connectivity index (χ0v) is 13.7. The number of amides is 1. The Labute approximate surface area is 137 Å². The summed E-state index contributed by atoms with van der Waals surface area (Å²) in [6, 6.07) is 15.9. The molecule has 2 aromatic rings. The predicted octanol–water partition coefficient (Wildman–Crippen LogP) is 3.16. The van der Waals surface area contributed by atoms with Crippen LogP contribution in [0.5, 0.6) is 5.75 Å². The Morgan fingerprint density at radius 1 is 1.04 bits per heavy atom. The van der Waals surface area contributed by atoms with Gasteiger partial charge in [0, 0.05) is 24.1 Å². The molecule has 1 amide bonds. The number of methoxy groups -OCH3 is 1. The molecule has 0 bridgehead atoms. The maximum atomic E-state index is 11.0. The van der Waals surface area contributed by atoms with E-state index in [1.807, 2.05) is 43.3 Å². The lowest BCUT2D eigenvalue weighted by Gasteiger charge is -2.12. The summed E-state index contributed by atoms with van der Waals surface area (Å²) in [6.07, 6.45) is 0.811. The van der Waals surface area contributed by atoms with E-state index in [-0.39, 0.29) is 11.9 Å². The van der Waals surface area contributed by atoms with E-state index in [1.54, 1.807) is 7.11 Å². The molecule has 23 heavy (non-hydrogen) atoms. The van der Waals surface area contributed by atoms with Gasteiger partial charge < -0.3 is 10.1 Å². The fraction of sp³-hybridized carbons (Fsp3) is 0.250. The first-order valence-corrected chi connectivity index (χ1v) is 7.59. The summed E-state index contributed by atoms with van der Waals surface area (Å²) < 4.78 is 5.13. The predicted molar refractivity (Wildman–Crippen MR) is 92.4 cm³/mol. The fourth-order valence-electron chi connectivity index (χ4n) is 2.29. The van der Waals surface area contributed by atoms with Gasteiger partial charge >= 0.3 is 0 Å². The zero-order valence-electron chi connectivity index (χ0n) is 13.7. The second-order valence-electron chi connectivity index (χ2n) is 5.48. The monoisotopic (exact) mass is 307 g/mol. The maximum Gasteiger partial charge on any atom is 0.217 e. The van der Waals surface area contributed by atoms with Crippen molar-refractivity contribution in [2.45, 2.75) is 26.3 Å². The van der Waals surface area contributed by atoms with Crippen molar-refractivity contribution in [1.82, 2.24) is 5.32 Å². The van der Waals surface area contributed by atoms with Gasteiger partial charge in [-0.25, -0.2) is 0 Å². The molecule has 0 heterocycles. The minimum Gasteiger partial charge on any atom is -0.497 e. The molecule has 0 fully saturated rings. The number of hydrogen-bond donors (Lipinski definition) is 1. The number of hydrogen-bond acceptors (Lipinski definition) is 2. The molecule has 0 spiro atoms. The smallest absolute Gasteiger partial charge is 0.217 e. The van der Waals surface area contributed by atoms with Gasteiger partial charge in [-0.2, -0.15) is 0 Å². The third kappa shape index (κ3) is 5.52. The van der Waals surface area contributed by atoms with Crippen LogP contribution in [0, 0.1) is 11.8 Å². The summed E-state index contributed by atoms with van der Waals surface area (Å²) in [4.78, 5) is 11.0. The van der Waals surface area contributed by atoms with Crippen LogP contribution in [-0.2, 0) is 11.2 Å². The van der Waals surface area contributed by atoms with Gasteiger partial charge in [-0.15, -0.1) is 0 Å². The lowest BCUT2D eigenvalue weighted by atomic mass is 10.0. The van der Waals surface area contributed by atoms with Crippen LogP contribution in [0.4, 0.5) is 0 Å². The average molecular weight is 307 g/mol. The second kappa shape index (κ2) is 8.05. The Hall–Kier alpha value is -2.73. The summed E-state index contributed by atoms with van der Waals surface area (Å²) in [5, 5.41) is 2.88. The number of benzene rings is 2. The number of carbonyl (C=O) groups is 1. The van der Waals surface area contributed by atoms with Gasteiger partial charge in [-0.05, 0) is 55.3 Å². The third-order valence-corrected chi connectivity index (χ3v) is 3.39. The Bertz CT molecular complexity index is 706. The maximum absolute atomic E-state index is 11.0. The summed E-state index contributed by atoms with van der Waals surface area (Å²) in [5.74, 6) is 7.11. The molecule has 0 radical (unpaired) electrons. The molecule has 0 aliphatic carbocycles. The number of ether oxygens (including phenoxy) is 1. The molecule has 3 nitrogen and oxygen atoms in total. The molecule has 1 N–H and O–H groups in total. The number of nitrogens with one attached hydrogen (secondary N) is 1. The van der Waals surface area contributed by atoms with E-state index in [1.165, 1.54) is 12.5 Å². The van der Waals surface area contributed by atoms with Crippen LogP contribution >= 0.6 is 0 Å². The van der Waals surface area contributed by atoms with Crippen molar-refractivity contribution in [3.05, 3.63) is 65.2 Å². The largest absolute Gasteiger partial charge is 0.497 e. The van der Waals surface area contributed by atoms with Crippen LogP contribution in [0.1, 0.15) is 30.5 Å². The highest BCUT2D eigenvalue weighted by atomic mass is 16.5. The fourth-order valence-corrected chi connectivity index (χ4v) is 2.29. The van der Waals surface area contributed by atoms with Gasteiger partial charge in [0.1, 0.15) is 5.75 Å². The van der Waals surface area contributed by atoms with Crippen molar-refractivity contribution in [2.24, 2.45) is 0 Å². The van der Waals surface area contributed by atoms with Crippen LogP contribution in [0.25, 0.3) is 0 Å². The van der Waals surface area contributed by atoms with Gasteiger partial charge in [-0.3, -0.25) is 4.79 Å². The first kappa shape index (κ1) is 16.6. The highest BCUT2D eigenvalue weighted by molar-refractivity contribution is 5.73. The molecule has 0 saturated carbocycles. The third-order valence-electron chi connectivity index (χ3n) is 3.39. The van der Waals surface area contributed by atoms with E-state index >= 15 is 0 Å². The lowest BCUT2D eigenvalue weighted by molar-refractivity contribution is -0.119. The minimum absolute atomic E-state index is 0.000483. The van der Waals surface area contributed by atoms with Crippen LogP contribution in [0.2, 0.25) is 0 Å². The van der Waals surface area contributed by atoms with Gasteiger partial charge in [0.15, 0.2) is 0 Å². The molecule has 0 aliphatic heterocycles. The topological polar surface area (TPSA) is 38.3 Å². The van der Waals surface area contributed by atoms with E-state index in [9.17, 15) is 4.79 Å². The van der Waals surface area contributed by atoms with E-state index in [2.05, 4.69) is 29.3 Å². The van der Waals surface area contributed by atoms with Crippen molar-refractivity contribution in [1.29, 1.82) is 0 Å². The Kier molecular flexibility index (Phi) is 5.82. The van der Waals surface area contributed by atoms with Crippen molar-refractivity contribution < 1.29 is 9.53 Å². The normalized spacial score (nSPS) is 11.1. The molecule has 118 valence electrons. The lowest BCUT2D eigenvalue weighted by Crippen LogP contribution is -2.31. The quantitative estimate of drug-likeness (QED) is 0.881. The summed E-state index contributed by atoms with van der Waals surface area (Å²) in [6.45, 7) is 3.53. The first-order chi connectivity index (χ1) is 11.1. The highest BCUT2D eigenvalue weighted by Crippen LogP contribution is 2.11. The molecule has 0 aromatic heterocycles. The molecule has 2 aromatic carbocycles. The Balaban J connectivity index is 1.99. The van der Waals surface area contributed by atoms with Crippen LogP contribution in [-0.4, -0.2) is 19.1 Å². The first-order valence-electron chi connectivity index (χ1n) is 7.59. The minimum atomic E-state index is -0.000483. The van der Waals surface area contributed by atoms with Gasteiger partial charge in [0.25, 0.3) is 0 Å². The molecule has 1 atom stereocenters. The molecule has 2 rings (SSSR count). The molecular formula is C20H21NO2. The molecule has 0 aliphatic rings. The molecular weight excluding hydrogens is 286 g/mol. The van der Waals surface area contributed by atoms with Gasteiger partial charge in [0.05, 0.1) is 7.11 Å². The number of carbonyl (C=O) groups excluding carboxylic acids is 1. The molecule has 3 heteroatoms. The van der Waals surface area contributed by atoms with Gasteiger partial charge in [-0.1, -0.05) is 24.0 Å². The van der Waals surface area contributed by atoms with Crippen LogP contribution < -0.4 is 10.1 Å². The molecule has 1 unspecified atom stereocenters. The summed E-state index contributed by atoms with van der Waals surface area (Å²) in [7, 11) is 1.65. The van der Waals surface area contributed by atoms with E-state index < -0.39 is 0 Å². The van der Waals surface area contributed by atoms with E-state index in [0.717, 1.165) is 23.3 Å². The SMILES string of the molecule is COc1ccc(C#Cc2ccc(CC(C)NC(C)=O)cc2)cc1. The van der Waals surface area contributed by atoms with Crippen molar-refractivity contribution in [3.63, 3.8) is 0 Å². The number of rotatable bonds is 4. The Morgan fingerprint density at radius 3 is 2.04 bits per heavy atom. The zero-order chi connectivity index (χ0) is 16.7. The van der Waals surface area contributed by atoms with Crippen LogP contribution in [0.15, 0.2) is 48.5 Å². The summed E-state index contributed by atoms with van der Waals surface area (Å²) in [5.41, 5.74) is 3.10. The van der Waals surface area contributed by atoms with Crippen molar-refractivity contribution in [3.8, 4) is 17.6 Å².